The van der Waals surface area contributed by atoms with Gasteiger partial charge in [0.25, 0.3) is 5.91 Å². The quantitative estimate of drug-likeness (QED) is 0.820. The van der Waals surface area contributed by atoms with Crippen LogP contribution in [0, 0.1) is 0 Å². The molecule has 2 rings (SSSR count). The Morgan fingerprint density at radius 1 is 1.26 bits per heavy atom. The van der Waals surface area contributed by atoms with Crippen LogP contribution in [0.25, 0.3) is 0 Å². The molecule has 124 valence electrons. The lowest BCUT2D eigenvalue weighted by atomic mass is 10.1. The number of benzene rings is 1. The number of carbonyl (C=O) groups excluding carboxylic acids is 2. The summed E-state index contributed by atoms with van der Waals surface area (Å²) < 4.78 is 5.95. The average Bonchev–Trinajstić information content (AvgIpc) is 2.44. The molecule has 7 nitrogen and oxygen atoms in total. The average molecular weight is 385 g/mol. The largest absolute Gasteiger partial charge is 0.478 e. The van der Waals surface area contributed by atoms with E-state index in [-0.39, 0.29) is 30.1 Å². The number of carboxylic acids is 1. The van der Waals surface area contributed by atoms with Gasteiger partial charge in [0.2, 0.25) is 5.91 Å². The van der Waals surface area contributed by atoms with Crippen molar-refractivity contribution >= 4 is 33.7 Å². The van der Waals surface area contributed by atoms with Gasteiger partial charge in [-0.25, -0.2) is 4.79 Å². The molecule has 0 saturated carbocycles. The van der Waals surface area contributed by atoms with Crippen molar-refractivity contribution in [3.05, 3.63) is 33.8 Å². The van der Waals surface area contributed by atoms with E-state index >= 15 is 0 Å². The molecule has 1 aliphatic rings. The Kier molecular flexibility index (Phi) is 5.38. The van der Waals surface area contributed by atoms with Gasteiger partial charge in [0, 0.05) is 37.2 Å². The van der Waals surface area contributed by atoms with Crippen LogP contribution < -0.4 is 0 Å². The molecule has 23 heavy (non-hydrogen) atoms. The third-order valence-corrected chi connectivity index (χ3v) is 3.93. The van der Waals surface area contributed by atoms with Gasteiger partial charge in [-0.05, 0) is 18.2 Å². The van der Waals surface area contributed by atoms with Crippen molar-refractivity contribution in [1.29, 1.82) is 0 Å². The zero-order valence-electron chi connectivity index (χ0n) is 12.8. The first-order chi connectivity index (χ1) is 10.8. The Hall–Kier alpha value is -1.93. The molecular formula is C15H17BrN2O5. The normalized spacial score (nSPS) is 14.3. The number of hydrogen-bond donors (Lipinski definition) is 1. The molecular weight excluding hydrogens is 368 g/mol. The fourth-order valence-corrected chi connectivity index (χ4v) is 2.54. The van der Waals surface area contributed by atoms with E-state index in [1.54, 1.807) is 25.1 Å². The van der Waals surface area contributed by atoms with Crippen LogP contribution in [-0.4, -0.2) is 72.6 Å². The maximum absolute atomic E-state index is 12.3. The van der Waals surface area contributed by atoms with Crippen LogP contribution in [0.1, 0.15) is 20.7 Å². The fraction of sp³-hybridized carbons (Fsp3) is 0.400. The summed E-state index contributed by atoms with van der Waals surface area (Å²) in [5.41, 5.74) is 0.354. The van der Waals surface area contributed by atoms with Gasteiger partial charge >= 0.3 is 5.97 Å². The number of nitrogens with zero attached hydrogens (tertiary/aromatic N) is 2. The molecule has 1 heterocycles. The molecule has 1 saturated heterocycles. The Labute approximate surface area is 141 Å². The van der Waals surface area contributed by atoms with Crippen LogP contribution in [0.2, 0.25) is 0 Å². The minimum Gasteiger partial charge on any atom is -0.478 e. The second-order valence-electron chi connectivity index (χ2n) is 5.47. The van der Waals surface area contributed by atoms with Crippen LogP contribution in [0.5, 0.6) is 0 Å². The van der Waals surface area contributed by atoms with Gasteiger partial charge in [0.05, 0.1) is 11.7 Å². The standard InChI is InChI=1S/C15H17BrN2O5/c1-17(2)13(19)8-23-12-6-18(7-12)14(20)9-3-10(15(21)22)5-11(16)4-9/h3-5,12H,6-8H2,1-2H3,(H,21,22). The molecule has 0 spiro atoms. The molecule has 8 heteroatoms. The van der Waals surface area contributed by atoms with Crippen molar-refractivity contribution in [1.82, 2.24) is 9.80 Å². The van der Waals surface area contributed by atoms with E-state index in [1.165, 1.54) is 17.0 Å². The third-order valence-electron chi connectivity index (χ3n) is 3.47. The Balaban J connectivity index is 1.92. The fourth-order valence-electron chi connectivity index (χ4n) is 2.05. The zero-order chi connectivity index (χ0) is 17.1. The SMILES string of the molecule is CN(C)C(=O)COC1CN(C(=O)c2cc(Br)cc(C(=O)O)c2)C1. The van der Waals surface area contributed by atoms with E-state index in [4.69, 9.17) is 9.84 Å². The van der Waals surface area contributed by atoms with Crippen LogP contribution in [0.4, 0.5) is 0 Å². The summed E-state index contributed by atoms with van der Waals surface area (Å²) in [5, 5.41) is 9.03. The molecule has 0 aliphatic carbocycles. The molecule has 0 radical (unpaired) electrons. The first-order valence-electron chi connectivity index (χ1n) is 6.93. The summed E-state index contributed by atoms with van der Waals surface area (Å²) in [4.78, 5) is 37.8. The second-order valence-corrected chi connectivity index (χ2v) is 6.38. The topological polar surface area (TPSA) is 87.2 Å². The highest BCUT2D eigenvalue weighted by atomic mass is 79.9. The minimum atomic E-state index is -1.09. The highest BCUT2D eigenvalue weighted by Crippen LogP contribution is 2.21. The molecule has 0 atom stereocenters. The van der Waals surface area contributed by atoms with E-state index in [0.29, 0.717) is 23.1 Å². The van der Waals surface area contributed by atoms with E-state index in [1.807, 2.05) is 0 Å². The number of likely N-dealkylation sites (tertiary alicyclic amines) is 1. The van der Waals surface area contributed by atoms with Crippen LogP contribution in [-0.2, 0) is 9.53 Å². The van der Waals surface area contributed by atoms with Crippen molar-refractivity contribution < 1.29 is 24.2 Å². The predicted molar refractivity (Wildman–Crippen MR) is 85.4 cm³/mol. The number of halogens is 1. The molecule has 0 aromatic heterocycles. The van der Waals surface area contributed by atoms with E-state index in [2.05, 4.69) is 15.9 Å². The summed E-state index contributed by atoms with van der Waals surface area (Å²) in [6, 6.07) is 4.37. The Morgan fingerprint density at radius 2 is 1.87 bits per heavy atom. The van der Waals surface area contributed by atoms with Gasteiger partial charge in [-0.3, -0.25) is 9.59 Å². The predicted octanol–water partition coefficient (Wildman–Crippen LogP) is 1.08. The second kappa shape index (κ2) is 7.10. The monoisotopic (exact) mass is 384 g/mol. The zero-order valence-corrected chi connectivity index (χ0v) is 14.4. The van der Waals surface area contributed by atoms with Crippen LogP contribution in [0.3, 0.4) is 0 Å². The summed E-state index contributed by atoms with van der Waals surface area (Å²) in [6.45, 7) is 0.753. The smallest absolute Gasteiger partial charge is 0.335 e. The highest BCUT2D eigenvalue weighted by Gasteiger charge is 2.32. The third kappa shape index (κ3) is 4.29. The summed E-state index contributed by atoms with van der Waals surface area (Å²) in [6.07, 6.45) is -0.172. The molecule has 1 N–H and O–H groups in total. The number of amides is 2. The molecule has 1 aliphatic heterocycles. The van der Waals surface area contributed by atoms with Crippen molar-refractivity contribution in [2.75, 3.05) is 33.8 Å². The van der Waals surface area contributed by atoms with Crippen molar-refractivity contribution in [3.63, 3.8) is 0 Å². The number of ether oxygens (including phenoxy) is 1. The number of rotatable bonds is 5. The van der Waals surface area contributed by atoms with Crippen molar-refractivity contribution in [2.24, 2.45) is 0 Å². The minimum absolute atomic E-state index is 0.0141. The number of carboxylic acid groups (broad SMARTS) is 1. The van der Waals surface area contributed by atoms with Gasteiger partial charge in [-0.15, -0.1) is 0 Å². The molecule has 1 fully saturated rings. The van der Waals surface area contributed by atoms with E-state index in [9.17, 15) is 14.4 Å². The Morgan fingerprint density at radius 3 is 2.43 bits per heavy atom. The summed E-state index contributed by atoms with van der Waals surface area (Å²) in [7, 11) is 3.30. The lowest BCUT2D eigenvalue weighted by Crippen LogP contribution is -2.55. The number of hydrogen-bond acceptors (Lipinski definition) is 4. The van der Waals surface area contributed by atoms with Crippen LogP contribution >= 0.6 is 15.9 Å². The number of likely N-dealkylation sites (N-methyl/N-ethyl adjacent to an activating group) is 1. The van der Waals surface area contributed by atoms with E-state index < -0.39 is 5.97 Å². The molecule has 1 aromatic rings. The van der Waals surface area contributed by atoms with Gasteiger partial charge in [0.15, 0.2) is 0 Å². The molecule has 0 bridgehead atoms. The molecule has 0 unspecified atom stereocenters. The highest BCUT2D eigenvalue weighted by molar-refractivity contribution is 9.10. The maximum atomic E-state index is 12.3. The van der Waals surface area contributed by atoms with Crippen LogP contribution in [0.15, 0.2) is 22.7 Å². The van der Waals surface area contributed by atoms with Gasteiger partial charge < -0.3 is 19.6 Å². The first-order valence-corrected chi connectivity index (χ1v) is 7.72. The summed E-state index contributed by atoms with van der Waals surface area (Å²) in [5.74, 6) is -1.48. The lowest BCUT2D eigenvalue weighted by molar-refractivity contribution is -0.138. The number of aromatic carboxylic acids is 1. The molecule has 2 amide bonds. The van der Waals surface area contributed by atoms with Gasteiger partial charge in [0.1, 0.15) is 6.61 Å². The van der Waals surface area contributed by atoms with Crippen molar-refractivity contribution in [3.8, 4) is 0 Å². The first kappa shape index (κ1) is 17.4. The molecule has 1 aromatic carbocycles. The van der Waals surface area contributed by atoms with E-state index in [0.717, 1.165) is 0 Å². The lowest BCUT2D eigenvalue weighted by Gasteiger charge is -2.39. The Bertz CT molecular complexity index is 641. The van der Waals surface area contributed by atoms with Gasteiger partial charge in [-0.1, -0.05) is 15.9 Å². The van der Waals surface area contributed by atoms with Crippen molar-refractivity contribution in [2.45, 2.75) is 6.10 Å². The summed E-state index contributed by atoms with van der Waals surface area (Å²) >= 11 is 3.20. The van der Waals surface area contributed by atoms with Gasteiger partial charge in [-0.2, -0.15) is 0 Å². The number of carbonyl (C=O) groups is 3. The maximum Gasteiger partial charge on any atom is 0.335 e.